The molecule has 0 radical (unpaired) electrons. The number of carboxylic acids is 1. The van der Waals surface area contributed by atoms with Gasteiger partial charge in [-0.3, -0.25) is 9.59 Å². The molecule has 0 aliphatic heterocycles. The van der Waals surface area contributed by atoms with Crippen LogP contribution >= 0.6 is 11.8 Å². The van der Waals surface area contributed by atoms with Crippen molar-refractivity contribution < 1.29 is 27.9 Å². The lowest BCUT2D eigenvalue weighted by Crippen LogP contribution is -2.38. The molecule has 2 atom stereocenters. The molecule has 6 nitrogen and oxygen atoms in total. The van der Waals surface area contributed by atoms with Crippen LogP contribution in [0, 0.1) is 11.8 Å². The fourth-order valence-corrected chi connectivity index (χ4v) is 4.18. The molecule has 0 saturated carbocycles. The average Bonchev–Trinajstić information content (AvgIpc) is 2.48. The van der Waals surface area contributed by atoms with Gasteiger partial charge in [-0.05, 0) is 57.4 Å². The SMILES string of the molecule is CC(C)C[C@@H](C(=O)O)[C@H](Sc1ccc(S(C)(=O)=O)cc1)C(=O)OC(C)(C)C. The van der Waals surface area contributed by atoms with Crippen LogP contribution in [-0.4, -0.2) is 42.6 Å². The number of hydrogen-bond donors (Lipinski definition) is 1. The Bertz CT molecular complexity index is 760. The number of carbonyl (C=O) groups excluding carboxylic acids is 1. The van der Waals surface area contributed by atoms with Gasteiger partial charge in [-0.1, -0.05) is 13.8 Å². The molecule has 1 aromatic rings. The normalized spacial score (nSPS) is 14.6. The fourth-order valence-electron chi connectivity index (χ4n) is 2.43. The van der Waals surface area contributed by atoms with Crippen molar-refractivity contribution in [3.8, 4) is 0 Å². The first-order valence-electron chi connectivity index (χ1n) is 8.63. The first-order valence-corrected chi connectivity index (χ1v) is 11.4. The van der Waals surface area contributed by atoms with Crippen molar-refractivity contribution in [1.82, 2.24) is 0 Å². The van der Waals surface area contributed by atoms with Crippen LogP contribution in [0.15, 0.2) is 34.1 Å². The van der Waals surface area contributed by atoms with Crippen LogP contribution in [-0.2, 0) is 24.2 Å². The molecule has 0 bridgehead atoms. The quantitative estimate of drug-likeness (QED) is 0.510. The van der Waals surface area contributed by atoms with Crippen LogP contribution in [0.25, 0.3) is 0 Å². The van der Waals surface area contributed by atoms with Crippen molar-refractivity contribution in [2.24, 2.45) is 11.8 Å². The smallest absolute Gasteiger partial charge is 0.320 e. The summed E-state index contributed by atoms with van der Waals surface area (Å²) in [6.07, 6.45) is 1.44. The second-order valence-corrected chi connectivity index (χ2v) is 11.1. The van der Waals surface area contributed by atoms with Crippen molar-refractivity contribution in [3.05, 3.63) is 24.3 Å². The van der Waals surface area contributed by atoms with Crippen LogP contribution in [0.5, 0.6) is 0 Å². The van der Waals surface area contributed by atoms with E-state index in [4.69, 9.17) is 4.74 Å². The topological polar surface area (TPSA) is 97.7 Å². The number of benzene rings is 1. The predicted octanol–water partition coefficient (Wildman–Crippen LogP) is 3.64. The molecule has 0 aromatic heterocycles. The minimum absolute atomic E-state index is 0.0873. The van der Waals surface area contributed by atoms with Crippen LogP contribution in [0.2, 0.25) is 0 Å². The minimum atomic E-state index is -3.33. The molecule has 27 heavy (non-hydrogen) atoms. The summed E-state index contributed by atoms with van der Waals surface area (Å²) in [5.74, 6) is -2.48. The molecule has 152 valence electrons. The Labute approximate surface area is 165 Å². The molecule has 0 spiro atoms. The average molecular weight is 417 g/mol. The van der Waals surface area contributed by atoms with Crippen molar-refractivity contribution in [2.45, 2.75) is 61.7 Å². The summed E-state index contributed by atoms with van der Waals surface area (Å²) in [7, 11) is -3.33. The van der Waals surface area contributed by atoms with Crippen molar-refractivity contribution >= 4 is 33.5 Å². The summed E-state index contributed by atoms with van der Waals surface area (Å²) in [6.45, 7) is 8.98. The summed E-state index contributed by atoms with van der Waals surface area (Å²) < 4.78 is 28.6. The number of sulfone groups is 1. The Hall–Kier alpha value is -1.54. The first kappa shape index (κ1) is 23.5. The minimum Gasteiger partial charge on any atom is -0.481 e. The van der Waals surface area contributed by atoms with Crippen LogP contribution in [0.3, 0.4) is 0 Å². The molecule has 0 saturated heterocycles. The number of esters is 1. The highest BCUT2D eigenvalue weighted by Gasteiger charge is 2.38. The van der Waals surface area contributed by atoms with Gasteiger partial charge in [0.25, 0.3) is 0 Å². The highest BCUT2D eigenvalue weighted by atomic mass is 32.2. The molecule has 0 fully saturated rings. The highest BCUT2D eigenvalue weighted by molar-refractivity contribution is 8.00. The molecule has 0 heterocycles. The number of thioether (sulfide) groups is 1. The van der Waals surface area contributed by atoms with Gasteiger partial charge >= 0.3 is 11.9 Å². The Balaban J connectivity index is 3.20. The highest BCUT2D eigenvalue weighted by Crippen LogP contribution is 2.34. The summed E-state index contributed by atoms with van der Waals surface area (Å²) in [5, 5.41) is 8.73. The zero-order valence-electron chi connectivity index (χ0n) is 16.6. The maximum atomic E-state index is 12.7. The third-order valence-corrected chi connectivity index (χ3v) is 6.01. The van der Waals surface area contributed by atoms with Gasteiger partial charge in [-0.15, -0.1) is 11.8 Å². The van der Waals surface area contributed by atoms with E-state index in [0.717, 1.165) is 18.0 Å². The van der Waals surface area contributed by atoms with E-state index in [1.807, 2.05) is 13.8 Å². The lowest BCUT2D eigenvalue weighted by Gasteiger charge is -2.27. The monoisotopic (exact) mass is 416 g/mol. The van der Waals surface area contributed by atoms with E-state index in [9.17, 15) is 23.1 Å². The maximum absolute atomic E-state index is 12.7. The predicted molar refractivity (Wildman–Crippen MR) is 106 cm³/mol. The van der Waals surface area contributed by atoms with Gasteiger partial charge in [0.15, 0.2) is 9.84 Å². The lowest BCUT2D eigenvalue weighted by molar-refractivity contribution is -0.159. The summed E-state index contributed by atoms with van der Waals surface area (Å²) in [6, 6.07) is 6.05. The van der Waals surface area contributed by atoms with Gasteiger partial charge in [0.2, 0.25) is 0 Å². The van der Waals surface area contributed by atoms with Crippen LogP contribution < -0.4 is 0 Å². The summed E-state index contributed by atoms with van der Waals surface area (Å²) >= 11 is 1.09. The van der Waals surface area contributed by atoms with E-state index >= 15 is 0 Å². The second-order valence-electron chi connectivity index (χ2n) is 7.89. The molecule has 8 heteroatoms. The van der Waals surface area contributed by atoms with E-state index in [1.54, 1.807) is 32.9 Å². The molecule has 1 rings (SSSR count). The Morgan fingerprint density at radius 2 is 1.67 bits per heavy atom. The molecule has 0 unspecified atom stereocenters. The molecule has 0 aliphatic rings. The van der Waals surface area contributed by atoms with Crippen LogP contribution in [0.4, 0.5) is 0 Å². The van der Waals surface area contributed by atoms with Crippen molar-refractivity contribution in [2.75, 3.05) is 6.26 Å². The van der Waals surface area contributed by atoms with Gasteiger partial charge in [0, 0.05) is 11.2 Å². The van der Waals surface area contributed by atoms with Gasteiger partial charge < -0.3 is 9.84 Å². The third kappa shape index (κ3) is 7.92. The van der Waals surface area contributed by atoms with E-state index in [2.05, 4.69) is 0 Å². The fraction of sp³-hybridized carbons (Fsp3) is 0.579. The molecule has 1 aromatic carbocycles. The van der Waals surface area contributed by atoms with Crippen molar-refractivity contribution in [1.29, 1.82) is 0 Å². The molecule has 0 aliphatic carbocycles. The number of aliphatic carboxylic acids is 1. The number of carbonyl (C=O) groups is 2. The summed E-state index contributed by atoms with van der Waals surface area (Å²) in [4.78, 5) is 25.3. The standard InChI is InChI=1S/C19H28O6S2/c1-12(2)11-15(17(20)21)16(18(22)25-19(3,4)5)26-13-7-9-14(10-8-13)27(6,23)24/h7-10,12,15-16H,11H2,1-6H3,(H,20,21)/t15-,16+/m1/s1. The largest absolute Gasteiger partial charge is 0.481 e. The lowest BCUT2D eigenvalue weighted by atomic mass is 9.94. The zero-order valence-corrected chi connectivity index (χ0v) is 18.2. The molecule has 1 N–H and O–H groups in total. The zero-order chi connectivity index (χ0) is 21.0. The molecule has 0 amide bonds. The van der Waals surface area contributed by atoms with E-state index < -0.39 is 38.5 Å². The Morgan fingerprint density at radius 1 is 1.15 bits per heavy atom. The van der Waals surface area contributed by atoms with E-state index in [-0.39, 0.29) is 10.8 Å². The maximum Gasteiger partial charge on any atom is 0.320 e. The molecular formula is C19H28O6S2. The van der Waals surface area contributed by atoms with E-state index in [1.165, 1.54) is 12.1 Å². The van der Waals surface area contributed by atoms with Gasteiger partial charge in [-0.2, -0.15) is 0 Å². The third-order valence-electron chi connectivity index (χ3n) is 3.56. The number of ether oxygens (including phenoxy) is 1. The van der Waals surface area contributed by atoms with Crippen molar-refractivity contribution in [3.63, 3.8) is 0 Å². The number of hydrogen-bond acceptors (Lipinski definition) is 6. The first-order chi connectivity index (χ1) is 12.2. The second kappa shape index (κ2) is 9.10. The number of rotatable bonds is 8. The number of carboxylic acid groups (broad SMARTS) is 1. The molecular weight excluding hydrogens is 388 g/mol. The summed E-state index contributed by atoms with van der Waals surface area (Å²) in [5.41, 5.74) is -0.739. The van der Waals surface area contributed by atoms with Gasteiger partial charge in [0.1, 0.15) is 10.9 Å². The van der Waals surface area contributed by atoms with Gasteiger partial charge in [-0.25, -0.2) is 8.42 Å². The van der Waals surface area contributed by atoms with Gasteiger partial charge in [0.05, 0.1) is 10.8 Å². The van der Waals surface area contributed by atoms with Crippen LogP contribution in [0.1, 0.15) is 41.0 Å². The Morgan fingerprint density at radius 3 is 2.04 bits per heavy atom. The van der Waals surface area contributed by atoms with E-state index in [0.29, 0.717) is 11.3 Å². The Kier molecular flexibility index (Phi) is 7.92.